The fourth-order valence-electron chi connectivity index (χ4n) is 2.50. The lowest BCUT2D eigenvalue weighted by atomic mass is 10.1. The summed E-state index contributed by atoms with van der Waals surface area (Å²) >= 11 is 0. The second-order valence-corrected chi connectivity index (χ2v) is 6.11. The van der Waals surface area contributed by atoms with Gasteiger partial charge in [0.15, 0.2) is 0 Å². The maximum Gasteiger partial charge on any atom is 0.200 e. The van der Waals surface area contributed by atoms with Crippen LogP contribution in [-0.2, 0) is 0 Å². The third kappa shape index (κ3) is 3.58. The van der Waals surface area contributed by atoms with Crippen LogP contribution < -0.4 is 15.5 Å². The number of benzene rings is 2. The number of rotatable bonds is 6. The number of fused-ring (bicyclic) bond motifs is 2. The fourth-order valence-corrected chi connectivity index (χ4v) is 2.50. The Bertz CT molecular complexity index is 901. The van der Waals surface area contributed by atoms with Crippen molar-refractivity contribution in [2.45, 2.75) is 26.0 Å². The first-order valence-corrected chi connectivity index (χ1v) is 8.04. The van der Waals surface area contributed by atoms with Crippen molar-refractivity contribution in [2.75, 3.05) is 13.2 Å². The number of aliphatic hydroxyl groups is 1. The Hall–Kier alpha value is -2.37. The van der Waals surface area contributed by atoms with E-state index in [1.54, 1.807) is 30.3 Å². The largest absolute Gasteiger partial charge is 0.491 e. The minimum atomic E-state index is -0.615. The van der Waals surface area contributed by atoms with E-state index in [1.807, 2.05) is 26.0 Å². The van der Waals surface area contributed by atoms with Crippen LogP contribution in [0.2, 0.25) is 0 Å². The molecule has 0 unspecified atom stereocenters. The van der Waals surface area contributed by atoms with E-state index < -0.39 is 6.10 Å². The number of aliphatic hydroxyl groups excluding tert-OH is 1. The summed E-state index contributed by atoms with van der Waals surface area (Å²) in [5, 5.41) is 14.1. The van der Waals surface area contributed by atoms with Crippen LogP contribution in [-0.4, -0.2) is 30.4 Å². The van der Waals surface area contributed by atoms with Crippen molar-refractivity contribution in [3.05, 3.63) is 52.7 Å². The van der Waals surface area contributed by atoms with E-state index in [2.05, 4.69) is 5.32 Å². The summed E-state index contributed by atoms with van der Waals surface area (Å²) in [7, 11) is 0. The number of ether oxygens (including phenoxy) is 1. The topological polar surface area (TPSA) is 71.7 Å². The van der Waals surface area contributed by atoms with E-state index in [9.17, 15) is 9.90 Å². The zero-order chi connectivity index (χ0) is 17.1. The van der Waals surface area contributed by atoms with Gasteiger partial charge in [0.1, 0.15) is 29.6 Å². The Balaban J connectivity index is 1.82. The van der Waals surface area contributed by atoms with E-state index in [0.29, 0.717) is 40.3 Å². The third-order valence-electron chi connectivity index (χ3n) is 3.75. The van der Waals surface area contributed by atoms with Gasteiger partial charge in [-0.3, -0.25) is 4.79 Å². The number of hydrogen-bond acceptors (Lipinski definition) is 5. The van der Waals surface area contributed by atoms with Gasteiger partial charge < -0.3 is 19.6 Å². The fraction of sp³-hybridized carbons (Fsp3) is 0.316. The molecule has 5 nitrogen and oxygen atoms in total. The molecule has 5 heteroatoms. The highest BCUT2D eigenvalue weighted by Gasteiger charge is 2.10. The lowest BCUT2D eigenvalue weighted by molar-refractivity contribution is 0.105. The molecule has 3 aromatic rings. The van der Waals surface area contributed by atoms with E-state index >= 15 is 0 Å². The molecule has 2 N–H and O–H groups in total. The van der Waals surface area contributed by atoms with Crippen LogP contribution in [0.4, 0.5) is 0 Å². The summed E-state index contributed by atoms with van der Waals surface area (Å²) in [5.41, 5.74) is 1.01. The second kappa shape index (κ2) is 7.03. The zero-order valence-corrected chi connectivity index (χ0v) is 13.8. The molecule has 0 saturated heterocycles. The van der Waals surface area contributed by atoms with E-state index in [0.717, 1.165) is 0 Å². The molecule has 0 radical (unpaired) electrons. The number of para-hydroxylation sites is 1. The normalized spacial score (nSPS) is 12.8. The number of hydrogen-bond donors (Lipinski definition) is 2. The van der Waals surface area contributed by atoms with Crippen LogP contribution in [0.3, 0.4) is 0 Å². The van der Waals surface area contributed by atoms with Gasteiger partial charge in [0.2, 0.25) is 5.43 Å². The van der Waals surface area contributed by atoms with Crippen LogP contribution in [0.15, 0.2) is 51.7 Å². The lowest BCUT2D eigenvalue weighted by Gasteiger charge is -2.15. The van der Waals surface area contributed by atoms with Crippen molar-refractivity contribution >= 4 is 21.9 Å². The molecular weight excluding hydrogens is 306 g/mol. The van der Waals surface area contributed by atoms with E-state index in [1.165, 1.54) is 0 Å². The molecule has 24 heavy (non-hydrogen) atoms. The molecule has 126 valence electrons. The molecule has 1 atom stereocenters. The summed E-state index contributed by atoms with van der Waals surface area (Å²) in [6.45, 7) is 4.64. The Kier molecular flexibility index (Phi) is 4.83. The highest BCUT2D eigenvalue weighted by atomic mass is 16.5. The van der Waals surface area contributed by atoms with Crippen LogP contribution in [0.5, 0.6) is 5.75 Å². The number of nitrogens with one attached hydrogen (secondary N) is 1. The average molecular weight is 327 g/mol. The van der Waals surface area contributed by atoms with Crippen LogP contribution in [0.1, 0.15) is 13.8 Å². The second-order valence-electron chi connectivity index (χ2n) is 6.11. The van der Waals surface area contributed by atoms with Gasteiger partial charge in [-0.05, 0) is 30.3 Å². The van der Waals surface area contributed by atoms with Gasteiger partial charge in [0, 0.05) is 12.6 Å². The molecule has 0 amide bonds. The summed E-state index contributed by atoms with van der Waals surface area (Å²) < 4.78 is 11.4. The molecule has 3 rings (SSSR count). The molecule has 0 aliphatic heterocycles. The van der Waals surface area contributed by atoms with Crippen LogP contribution in [0.25, 0.3) is 21.9 Å². The maximum absolute atomic E-state index is 12.6. The van der Waals surface area contributed by atoms with Crippen molar-refractivity contribution in [1.82, 2.24) is 5.32 Å². The summed E-state index contributed by atoms with van der Waals surface area (Å²) in [6.07, 6.45) is -0.615. The average Bonchev–Trinajstić information content (AvgIpc) is 2.58. The minimum absolute atomic E-state index is 0.0840. The Morgan fingerprint density at radius 2 is 1.88 bits per heavy atom. The molecule has 2 aromatic carbocycles. The molecular formula is C19H21NO4. The summed E-state index contributed by atoms with van der Waals surface area (Å²) in [6, 6.07) is 12.6. The first-order chi connectivity index (χ1) is 11.5. The molecule has 0 spiro atoms. The predicted molar refractivity (Wildman–Crippen MR) is 94.6 cm³/mol. The van der Waals surface area contributed by atoms with Gasteiger partial charge in [-0.25, -0.2) is 0 Å². The molecule has 0 bridgehead atoms. The van der Waals surface area contributed by atoms with Gasteiger partial charge in [0.05, 0.1) is 10.8 Å². The molecule has 1 heterocycles. The standard InChI is InChI=1S/C19H21NO4/c1-12(2)20-10-13(21)11-23-14-7-8-18-16(9-14)19(22)15-5-3-4-6-17(15)24-18/h3-9,12-13,20-21H,10-11H2,1-2H3/t13-/m1/s1. The third-order valence-corrected chi connectivity index (χ3v) is 3.75. The smallest absolute Gasteiger partial charge is 0.200 e. The zero-order valence-electron chi connectivity index (χ0n) is 13.8. The first kappa shape index (κ1) is 16.5. The van der Waals surface area contributed by atoms with Crippen molar-refractivity contribution in [3.63, 3.8) is 0 Å². The Morgan fingerprint density at radius 1 is 1.12 bits per heavy atom. The molecule has 1 aromatic heterocycles. The molecule has 0 aliphatic rings. The quantitative estimate of drug-likeness (QED) is 0.681. The summed E-state index contributed by atoms with van der Waals surface area (Å²) in [4.78, 5) is 12.6. The Labute approximate surface area is 139 Å². The SMILES string of the molecule is CC(C)NC[C@@H](O)COc1ccc2oc3ccccc3c(=O)c2c1. The van der Waals surface area contributed by atoms with Crippen LogP contribution >= 0.6 is 0 Å². The highest BCUT2D eigenvalue weighted by Crippen LogP contribution is 2.22. The Morgan fingerprint density at radius 3 is 2.67 bits per heavy atom. The molecule has 0 saturated carbocycles. The monoisotopic (exact) mass is 327 g/mol. The van der Waals surface area contributed by atoms with Crippen LogP contribution in [0, 0.1) is 0 Å². The van der Waals surface area contributed by atoms with Gasteiger partial charge in [0.25, 0.3) is 0 Å². The highest BCUT2D eigenvalue weighted by molar-refractivity contribution is 5.90. The molecule has 0 fully saturated rings. The van der Waals surface area contributed by atoms with Crippen molar-refractivity contribution in [2.24, 2.45) is 0 Å². The van der Waals surface area contributed by atoms with Gasteiger partial charge >= 0.3 is 0 Å². The predicted octanol–water partition coefficient (Wildman–Crippen LogP) is 2.68. The minimum Gasteiger partial charge on any atom is -0.491 e. The van der Waals surface area contributed by atoms with Gasteiger partial charge in [-0.2, -0.15) is 0 Å². The lowest BCUT2D eigenvalue weighted by Crippen LogP contribution is -2.35. The van der Waals surface area contributed by atoms with Crippen molar-refractivity contribution < 1.29 is 14.3 Å². The first-order valence-electron chi connectivity index (χ1n) is 8.04. The molecule has 0 aliphatic carbocycles. The van der Waals surface area contributed by atoms with Crippen molar-refractivity contribution in [1.29, 1.82) is 0 Å². The van der Waals surface area contributed by atoms with Crippen molar-refractivity contribution in [3.8, 4) is 5.75 Å². The summed E-state index contributed by atoms with van der Waals surface area (Å²) in [5.74, 6) is 0.536. The van der Waals surface area contributed by atoms with E-state index in [4.69, 9.17) is 9.15 Å². The maximum atomic E-state index is 12.6. The van der Waals surface area contributed by atoms with Gasteiger partial charge in [-0.1, -0.05) is 26.0 Å². The van der Waals surface area contributed by atoms with E-state index in [-0.39, 0.29) is 12.0 Å². The van der Waals surface area contributed by atoms with Gasteiger partial charge in [-0.15, -0.1) is 0 Å².